The van der Waals surface area contributed by atoms with Crippen LogP contribution in [0.1, 0.15) is 25.3 Å². The van der Waals surface area contributed by atoms with Crippen molar-refractivity contribution >= 4 is 11.4 Å². The van der Waals surface area contributed by atoms with Crippen LogP contribution in [0.5, 0.6) is 0 Å². The van der Waals surface area contributed by atoms with Crippen molar-refractivity contribution in [3.8, 4) is 0 Å². The Kier molecular flexibility index (Phi) is 4.92. The van der Waals surface area contributed by atoms with Crippen molar-refractivity contribution in [2.24, 2.45) is 0 Å². The molecule has 0 aliphatic carbocycles. The molecule has 20 heavy (non-hydrogen) atoms. The molecule has 1 aliphatic heterocycles. The van der Waals surface area contributed by atoms with Gasteiger partial charge in [-0.25, -0.2) is 0 Å². The Morgan fingerprint density at radius 1 is 1.55 bits per heavy atom. The highest BCUT2D eigenvalue weighted by Crippen LogP contribution is 2.29. The molecule has 1 aliphatic rings. The van der Waals surface area contributed by atoms with Crippen LogP contribution in [0.4, 0.5) is 11.4 Å². The standard InChI is InChI=1S/C14H21N3O3/c1-2-15-14-11(5-3-7-13(14)17(19)20)9-16-8-4-6-12(18)10-16/h3,5,7,12,15,18H,2,4,6,8-10H2,1H3. The third kappa shape index (κ3) is 3.46. The van der Waals surface area contributed by atoms with Crippen LogP contribution in [0.25, 0.3) is 0 Å². The molecular weight excluding hydrogens is 258 g/mol. The van der Waals surface area contributed by atoms with E-state index in [1.165, 1.54) is 6.07 Å². The number of likely N-dealkylation sites (tertiary alicyclic amines) is 1. The number of piperidine rings is 1. The Hall–Kier alpha value is -1.66. The van der Waals surface area contributed by atoms with Gasteiger partial charge in [0.15, 0.2) is 0 Å². The normalized spacial score (nSPS) is 19.8. The van der Waals surface area contributed by atoms with Gasteiger partial charge < -0.3 is 10.4 Å². The molecule has 1 saturated heterocycles. The summed E-state index contributed by atoms with van der Waals surface area (Å²) in [6, 6.07) is 5.15. The van der Waals surface area contributed by atoms with E-state index in [9.17, 15) is 15.2 Å². The molecule has 0 bridgehead atoms. The lowest BCUT2D eigenvalue weighted by Crippen LogP contribution is -2.37. The van der Waals surface area contributed by atoms with Gasteiger partial charge in [-0.05, 0) is 31.9 Å². The molecule has 2 rings (SSSR count). The summed E-state index contributed by atoms with van der Waals surface area (Å²) in [4.78, 5) is 12.9. The highest BCUT2D eigenvalue weighted by Gasteiger charge is 2.21. The fourth-order valence-electron chi connectivity index (χ4n) is 2.67. The molecule has 2 N–H and O–H groups in total. The highest BCUT2D eigenvalue weighted by molar-refractivity contribution is 5.66. The van der Waals surface area contributed by atoms with Gasteiger partial charge in [-0.15, -0.1) is 0 Å². The fraction of sp³-hybridized carbons (Fsp3) is 0.571. The topological polar surface area (TPSA) is 78.6 Å². The Morgan fingerprint density at radius 2 is 2.35 bits per heavy atom. The molecule has 1 aromatic rings. The van der Waals surface area contributed by atoms with E-state index < -0.39 is 0 Å². The summed E-state index contributed by atoms with van der Waals surface area (Å²) in [5.41, 5.74) is 1.62. The molecule has 0 radical (unpaired) electrons. The monoisotopic (exact) mass is 279 g/mol. The first kappa shape index (κ1) is 14.7. The zero-order valence-corrected chi connectivity index (χ0v) is 11.7. The number of aliphatic hydroxyl groups is 1. The molecule has 1 aromatic carbocycles. The Balaban J connectivity index is 2.21. The number of para-hydroxylation sites is 1. The second kappa shape index (κ2) is 6.67. The average Bonchev–Trinajstić information content (AvgIpc) is 2.40. The summed E-state index contributed by atoms with van der Waals surface area (Å²) in [6.45, 7) is 4.74. The number of nitro groups is 1. The van der Waals surface area contributed by atoms with E-state index in [2.05, 4.69) is 10.2 Å². The van der Waals surface area contributed by atoms with Crippen LogP contribution in [-0.4, -0.2) is 40.7 Å². The number of nitrogens with one attached hydrogen (secondary N) is 1. The highest BCUT2D eigenvalue weighted by atomic mass is 16.6. The van der Waals surface area contributed by atoms with E-state index in [4.69, 9.17) is 0 Å². The lowest BCUT2D eigenvalue weighted by molar-refractivity contribution is -0.384. The number of benzene rings is 1. The number of nitro benzene ring substituents is 1. The van der Waals surface area contributed by atoms with Crippen LogP contribution < -0.4 is 5.32 Å². The van der Waals surface area contributed by atoms with Gasteiger partial charge in [0.05, 0.1) is 11.0 Å². The summed E-state index contributed by atoms with van der Waals surface area (Å²) >= 11 is 0. The molecular formula is C14H21N3O3. The molecule has 6 nitrogen and oxygen atoms in total. The molecule has 6 heteroatoms. The van der Waals surface area contributed by atoms with Crippen molar-refractivity contribution in [2.45, 2.75) is 32.4 Å². The van der Waals surface area contributed by atoms with Crippen molar-refractivity contribution in [1.82, 2.24) is 4.90 Å². The number of β-amino-alcohol motifs (C(OH)–C–C–N with tert-alkyl or cyclic N) is 1. The minimum atomic E-state index is -0.355. The van der Waals surface area contributed by atoms with Crippen LogP contribution >= 0.6 is 0 Å². The van der Waals surface area contributed by atoms with Crippen molar-refractivity contribution in [2.75, 3.05) is 25.0 Å². The Morgan fingerprint density at radius 3 is 3.00 bits per heavy atom. The molecule has 110 valence electrons. The number of anilines is 1. The Bertz CT molecular complexity index is 479. The third-order valence-electron chi connectivity index (χ3n) is 3.55. The summed E-state index contributed by atoms with van der Waals surface area (Å²) in [6.07, 6.45) is 1.52. The van der Waals surface area contributed by atoms with Gasteiger partial charge >= 0.3 is 0 Å². The van der Waals surface area contributed by atoms with Gasteiger partial charge in [0.25, 0.3) is 5.69 Å². The van der Waals surface area contributed by atoms with E-state index in [0.717, 1.165) is 24.9 Å². The van der Waals surface area contributed by atoms with E-state index in [-0.39, 0.29) is 16.7 Å². The molecule has 1 heterocycles. The zero-order valence-electron chi connectivity index (χ0n) is 11.7. The SMILES string of the molecule is CCNc1c(CN2CCCC(O)C2)cccc1[N+](=O)[O-]. The van der Waals surface area contributed by atoms with E-state index >= 15 is 0 Å². The van der Waals surface area contributed by atoms with Crippen LogP contribution in [0.15, 0.2) is 18.2 Å². The third-order valence-corrected chi connectivity index (χ3v) is 3.55. The molecule has 1 fully saturated rings. The summed E-state index contributed by atoms with van der Waals surface area (Å²) < 4.78 is 0. The predicted octanol–water partition coefficient (Wildman–Crippen LogP) is 1.98. The number of hydrogen-bond donors (Lipinski definition) is 2. The van der Waals surface area contributed by atoms with E-state index in [1.807, 2.05) is 13.0 Å². The largest absolute Gasteiger partial charge is 0.392 e. The van der Waals surface area contributed by atoms with Crippen molar-refractivity contribution < 1.29 is 10.0 Å². The average molecular weight is 279 g/mol. The molecule has 0 saturated carbocycles. The van der Waals surface area contributed by atoms with Gasteiger partial charge in [0.2, 0.25) is 0 Å². The van der Waals surface area contributed by atoms with Gasteiger partial charge in [0.1, 0.15) is 5.69 Å². The summed E-state index contributed by atoms with van der Waals surface area (Å²) in [5, 5.41) is 23.9. The quantitative estimate of drug-likeness (QED) is 0.636. The second-order valence-corrected chi connectivity index (χ2v) is 5.13. The van der Waals surface area contributed by atoms with Crippen LogP contribution in [-0.2, 0) is 6.54 Å². The number of aliphatic hydroxyl groups excluding tert-OH is 1. The zero-order chi connectivity index (χ0) is 14.5. The first-order valence-electron chi connectivity index (χ1n) is 7.02. The first-order chi connectivity index (χ1) is 9.61. The first-order valence-corrected chi connectivity index (χ1v) is 7.02. The van der Waals surface area contributed by atoms with Crippen molar-refractivity contribution in [3.63, 3.8) is 0 Å². The maximum Gasteiger partial charge on any atom is 0.292 e. The van der Waals surface area contributed by atoms with Crippen molar-refractivity contribution in [1.29, 1.82) is 0 Å². The predicted molar refractivity (Wildman–Crippen MR) is 77.8 cm³/mol. The van der Waals surface area contributed by atoms with Gasteiger partial charge in [-0.1, -0.05) is 12.1 Å². The number of rotatable bonds is 5. The van der Waals surface area contributed by atoms with Gasteiger partial charge in [-0.3, -0.25) is 15.0 Å². The van der Waals surface area contributed by atoms with Crippen molar-refractivity contribution in [3.05, 3.63) is 33.9 Å². The second-order valence-electron chi connectivity index (χ2n) is 5.13. The van der Waals surface area contributed by atoms with E-state index in [0.29, 0.717) is 25.3 Å². The molecule has 0 amide bonds. The van der Waals surface area contributed by atoms with Gasteiger partial charge in [-0.2, -0.15) is 0 Å². The maximum absolute atomic E-state index is 11.1. The smallest absolute Gasteiger partial charge is 0.292 e. The molecule has 1 atom stereocenters. The van der Waals surface area contributed by atoms with Gasteiger partial charge in [0, 0.05) is 25.7 Å². The maximum atomic E-state index is 11.1. The number of nitrogens with zero attached hydrogens (tertiary/aromatic N) is 2. The van der Waals surface area contributed by atoms with Crippen LogP contribution in [0.3, 0.4) is 0 Å². The Labute approximate surface area is 118 Å². The fourth-order valence-corrected chi connectivity index (χ4v) is 2.67. The van der Waals surface area contributed by atoms with E-state index in [1.54, 1.807) is 6.07 Å². The summed E-state index contributed by atoms with van der Waals surface area (Å²) in [5.74, 6) is 0. The van der Waals surface area contributed by atoms with Crippen LogP contribution in [0, 0.1) is 10.1 Å². The summed E-state index contributed by atoms with van der Waals surface area (Å²) in [7, 11) is 0. The number of hydrogen-bond acceptors (Lipinski definition) is 5. The minimum Gasteiger partial charge on any atom is -0.392 e. The van der Waals surface area contributed by atoms with Crippen LogP contribution in [0.2, 0.25) is 0 Å². The minimum absolute atomic E-state index is 0.113. The lowest BCUT2D eigenvalue weighted by atomic mass is 10.1. The molecule has 1 unspecified atom stereocenters. The lowest BCUT2D eigenvalue weighted by Gasteiger charge is -2.30. The molecule has 0 aromatic heterocycles. The molecule has 0 spiro atoms.